The smallest absolute Gasteiger partial charge is 0.310 e. The summed E-state index contributed by atoms with van der Waals surface area (Å²) in [5.74, 6) is 0.280. The first-order valence-electron chi connectivity index (χ1n) is 6.56. The van der Waals surface area contributed by atoms with Crippen molar-refractivity contribution in [2.24, 2.45) is 5.92 Å². The van der Waals surface area contributed by atoms with Gasteiger partial charge in [0.05, 0.1) is 20.1 Å². The highest BCUT2D eigenvalue weighted by molar-refractivity contribution is 5.79. The van der Waals surface area contributed by atoms with Gasteiger partial charge in [-0.1, -0.05) is 13.0 Å². The molecule has 0 aliphatic carbocycles. The molecule has 0 bridgehead atoms. The van der Waals surface area contributed by atoms with Gasteiger partial charge in [-0.15, -0.1) is 0 Å². The molecule has 1 unspecified atom stereocenters. The van der Waals surface area contributed by atoms with Crippen LogP contribution in [0.25, 0.3) is 0 Å². The average Bonchev–Trinajstić information content (AvgIpc) is 2.51. The molecule has 1 aromatic carbocycles. The maximum absolute atomic E-state index is 11.9. The summed E-state index contributed by atoms with van der Waals surface area (Å²) in [5.41, 5.74) is 0. The molecule has 1 atom stereocenters. The summed E-state index contributed by atoms with van der Waals surface area (Å²) in [5, 5.41) is 0. The van der Waals surface area contributed by atoms with Crippen LogP contribution in [0.5, 0.6) is 11.5 Å². The number of esters is 1. The van der Waals surface area contributed by atoms with E-state index in [-0.39, 0.29) is 30.9 Å². The number of likely N-dealkylation sites (N-methyl/N-ethyl adjacent to an activating group) is 1. The fourth-order valence-corrected chi connectivity index (χ4v) is 1.73. The number of ether oxygens (including phenoxy) is 3. The van der Waals surface area contributed by atoms with Crippen molar-refractivity contribution < 1.29 is 23.8 Å². The van der Waals surface area contributed by atoms with Crippen LogP contribution in [-0.2, 0) is 14.3 Å². The molecular weight excluding hydrogens is 274 g/mol. The van der Waals surface area contributed by atoms with Crippen LogP contribution in [0.2, 0.25) is 0 Å². The van der Waals surface area contributed by atoms with Crippen molar-refractivity contribution in [2.45, 2.75) is 6.92 Å². The molecule has 0 heterocycles. The zero-order valence-electron chi connectivity index (χ0n) is 12.8. The van der Waals surface area contributed by atoms with Gasteiger partial charge in [0.15, 0.2) is 6.61 Å². The second-order valence-electron chi connectivity index (χ2n) is 4.67. The van der Waals surface area contributed by atoms with Gasteiger partial charge in [-0.05, 0) is 12.1 Å². The predicted molar refractivity (Wildman–Crippen MR) is 77.3 cm³/mol. The van der Waals surface area contributed by atoms with E-state index in [1.807, 2.05) is 0 Å². The van der Waals surface area contributed by atoms with E-state index < -0.39 is 0 Å². The molecule has 6 heteroatoms. The molecule has 1 aromatic rings. The molecule has 116 valence electrons. The largest absolute Gasteiger partial charge is 0.497 e. The Hall–Kier alpha value is -2.24. The van der Waals surface area contributed by atoms with Crippen LogP contribution in [0.1, 0.15) is 6.92 Å². The van der Waals surface area contributed by atoms with E-state index in [9.17, 15) is 9.59 Å². The Labute approximate surface area is 124 Å². The van der Waals surface area contributed by atoms with Crippen LogP contribution >= 0.6 is 0 Å². The van der Waals surface area contributed by atoms with E-state index in [1.54, 1.807) is 45.3 Å². The maximum atomic E-state index is 11.9. The highest BCUT2D eigenvalue weighted by Gasteiger charge is 2.18. The van der Waals surface area contributed by atoms with Crippen molar-refractivity contribution in [2.75, 3.05) is 34.4 Å². The number of carbonyl (C=O) groups excluding carboxylic acids is 2. The van der Waals surface area contributed by atoms with Crippen LogP contribution in [0.3, 0.4) is 0 Å². The number of rotatable bonds is 7. The molecule has 0 fully saturated rings. The molecule has 0 aliphatic rings. The van der Waals surface area contributed by atoms with Gasteiger partial charge in [-0.25, -0.2) is 0 Å². The Bertz CT molecular complexity index is 489. The second-order valence-corrected chi connectivity index (χ2v) is 4.67. The fraction of sp³-hybridized carbons (Fsp3) is 0.467. The SMILES string of the molecule is COC(=O)C(C)CN(C)C(=O)COc1cccc(OC)c1. The van der Waals surface area contributed by atoms with Gasteiger partial charge < -0.3 is 19.1 Å². The molecule has 0 saturated carbocycles. The average molecular weight is 295 g/mol. The van der Waals surface area contributed by atoms with Crippen molar-refractivity contribution in [1.29, 1.82) is 0 Å². The van der Waals surface area contributed by atoms with Gasteiger partial charge in [-0.2, -0.15) is 0 Å². The number of methoxy groups -OCH3 is 2. The monoisotopic (exact) mass is 295 g/mol. The topological polar surface area (TPSA) is 65.1 Å². The summed E-state index contributed by atoms with van der Waals surface area (Å²) < 4.78 is 15.1. The third kappa shape index (κ3) is 5.33. The number of amides is 1. The standard InChI is InChI=1S/C15H21NO5/c1-11(15(18)20-4)9-16(2)14(17)10-21-13-7-5-6-12(8-13)19-3/h5-8,11H,9-10H2,1-4H3. The molecule has 0 spiro atoms. The van der Waals surface area contributed by atoms with Crippen molar-refractivity contribution in [1.82, 2.24) is 4.90 Å². The van der Waals surface area contributed by atoms with Crippen LogP contribution < -0.4 is 9.47 Å². The summed E-state index contributed by atoms with van der Waals surface area (Å²) >= 11 is 0. The normalized spacial score (nSPS) is 11.4. The van der Waals surface area contributed by atoms with Crippen molar-refractivity contribution in [3.8, 4) is 11.5 Å². The second kappa shape index (κ2) is 8.14. The lowest BCUT2D eigenvalue weighted by molar-refractivity contribution is -0.146. The maximum Gasteiger partial charge on any atom is 0.310 e. The number of carbonyl (C=O) groups is 2. The molecule has 0 aromatic heterocycles. The van der Waals surface area contributed by atoms with E-state index in [2.05, 4.69) is 4.74 Å². The molecule has 21 heavy (non-hydrogen) atoms. The first-order chi connectivity index (χ1) is 9.97. The zero-order chi connectivity index (χ0) is 15.8. The summed E-state index contributed by atoms with van der Waals surface area (Å²) in [6.07, 6.45) is 0. The zero-order valence-corrected chi connectivity index (χ0v) is 12.8. The Morgan fingerprint density at radius 3 is 2.52 bits per heavy atom. The minimum atomic E-state index is -0.374. The highest BCUT2D eigenvalue weighted by atomic mass is 16.5. The lowest BCUT2D eigenvalue weighted by Gasteiger charge is -2.20. The van der Waals surface area contributed by atoms with E-state index in [1.165, 1.54) is 12.0 Å². The predicted octanol–water partition coefficient (Wildman–Crippen LogP) is 1.34. The first-order valence-corrected chi connectivity index (χ1v) is 6.56. The first kappa shape index (κ1) is 16.8. The van der Waals surface area contributed by atoms with Crippen molar-refractivity contribution >= 4 is 11.9 Å². The summed E-state index contributed by atoms with van der Waals surface area (Å²) in [4.78, 5) is 24.7. The van der Waals surface area contributed by atoms with Crippen LogP contribution in [0.15, 0.2) is 24.3 Å². The van der Waals surface area contributed by atoms with Gasteiger partial charge >= 0.3 is 5.97 Å². The molecule has 6 nitrogen and oxygen atoms in total. The Kier molecular flexibility index (Phi) is 6.52. The van der Waals surface area contributed by atoms with Gasteiger partial charge in [0.25, 0.3) is 5.91 Å². The molecule has 1 amide bonds. The number of nitrogens with zero attached hydrogens (tertiary/aromatic N) is 1. The van der Waals surface area contributed by atoms with Crippen LogP contribution in [0.4, 0.5) is 0 Å². The summed E-state index contributed by atoms with van der Waals surface area (Å²) in [6, 6.07) is 7.01. The van der Waals surface area contributed by atoms with Gasteiger partial charge in [0.1, 0.15) is 11.5 Å². The summed E-state index contributed by atoms with van der Waals surface area (Å²) in [7, 11) is 4.51. The van der Waals surface area contributed by atoms with Crippen LogP contribution in [0, 0.1) is 5.92 Å². The van der Waals surface area contributed by atoms with Gasteiger partial charge in [-0.3, -0.25) is 9.59 Å². The molecule has 0 saturated heterocycles. The molecular formula is C15H21NO5. The van der Waals surface area contributed by atoms with E-state index in [0.29, 0.717) is 11.5 Å². The van der Waals surface area contributed by atoms with Crippen LogP contribution in [-0.4, -0.2) is 51.2 Å². The van der Waals surface area contributed by atoms with Gasteiger partial charge in [0, 0.05) is 19.7 Å². The number of hydrogen-bond acceptors (Lipinski definition) is 5. The molecule has 0 N–H and O–H groups in total. The molecule has 0 radical (unpaired) electrons. The lowest BCUT2D eigenvalue weighted by atomic mass is 10.2. The minimum absolute atomic E-state index is 0.0996. The summed E-state index contributed by atoms with van der Waals surface area (Å²) in [6.45, 7) is 1.89. The Balaban J connectivity index is 2.47. The fourth-order valence-electron chi connectivity index (χ4n) is 1.73. The minimum Gasteiger partial charge on any atom is -0.497 e. The Morgan fingerprint density at radius 2 is 1.90 bits per heavy atom. The van der Waals surface area contributed by atoms with Gasteiger partial charge in [0.2, 0.25) is 0 Å². The number of hydrogen-bond donors (Lipinski definition) is 0. The van der Waals surface area contributed by atoms with Crippen molar-refractivity contribution in [3.05, 3.63) is 24.3 Å². The van der Waals surface area contributed by atoms with E-state index in [0.717, 1.165) is 0 Å². The highest BCUT2D eigenvalue weighted by Crippen LogP contribution is 2.18. The lowest BCUT2D eigenvalue weighted by Crippen LogP contribution is -2.37. The van der Waals surface area contributed by atoms with E-state index in [4.69, 9.17) is 9.47 Å². The number of benzene rings is 1. The third-order valence-electron chi connectivity index (χ3n) is 2.98. The third-order valence-corrected chi connectivity index (χ3v) is 2.98. The quantitative estimate of drug-likeness (QED) is 0.710. The Morgan fingerprint density at radius 1 is 1.24 bits per heavy atom. The molecule has 1 rings (SSSR count). The van der Waals surface area contributed by atoms with E-state index >= 15 is 0 Å². The molecule has 0 aliphatic heterocycles. The van der Waals surface area contributed by atoms with Crippen molar-refractivity contribution in [3.63, 3.8) is 0 Å².